The van der Waals surface area contributed by atoms with E-state index in [0.29, 0.717) is 56.4 Å². The van der Waals surface area contributed by atoms with Crippen LogP contribution in [0.15, 0.2) is 53.3 Å². The number of aryl methyl sites for hydroxylation is 1. The summed E-state index contributed by atoms with van der Waals surface area (Å²) >= 11 is 0. The van der Waals surface area contributed by atoms with Gasteiger partial charge in [-0.1, -0.05) is 30.3 Å². The van der Waals surface area contributed by atoms with Crippen molar-refractivity contribution in [2.45, 2.75) is 19.5 Å². The predicted molar refractivity (Wildman–Crippen MR) is 131 cm³/mol. The third kappa shape index (κ3) is 4.54. The second-order valence-electron chi connectivity index (χ2n) is 8.72. The number of para-hydroxylation sites is 2. The zero-order valence-corrected chi connectivity index (χ0v) is 19.8. The van der Waals surface area contributed by atoms with Crippen molar-refractivity contribution >= 4 is 16.6 Å². The first-order valence-corrected chi connectivity index (χ1v) is 11.7. The highest BCUT2D eigenvalue weighted by atomic mass is 19.1. The van der Waals surface area contributed by atoms with E-state index in [0.717, 1.165) is 16.5 Å². The van der Waals surface area contributed by atoms with Crippen LogP contribution in [0.5, 0.6) is 0 Å². The number of nitrogens with zero attached hydrogens (tertiary/aromatic N) is 6. The Kier molecular flexibility index (Phi) is 6.56. The molecule has 4 aromatic rings. The van der Waals surface area contributed by atoms with Crippen molar-refractivity contribution in [1.29, 1.82) is 0 Å². The molecular formula is C25H28FN7O2. The standard InChI is InChI=1S/C25H28FN7O2/c1-17-6-5-7-18-16-19(25(34)27-22(17)18)23(24-28-29-30-33(24)14-15-35-2)32-12-10-31(11-13-32)21-9-4-3-8-20(21)26/h3-9,16,23H,10-15H2,1-2H3,(H,27,34)/t23-/m0/s1. The van der Waals surface area contributed by atoms with Gasteiger partial charge in [-0.25, -0.2) is 9.07 Å². The van der Waals surface area contributed by atoms with Gasteiger partial charge in [0.2, 0.25) is 0 Å². The second kappa shape index (κ2) is 9.93. The number of methoxy groups -OCH3 is 1. The van der Waals surface area contributed by atoms with Crippen molar-refractivity contribution in [2.75, 3.05) is 44.8 Å². The Balaban J connectivity index is 1.53. The number of nitrogens with one attached hydrogen (secondary N) is 1. The molecule has 9 nitrogen and oxygen atoms in total. The third-order valence-corrected chi connectivity index (χ3v) is 6.60. The first kappa shape index (κ1) is 23.1. The Hall–Kier alpha value is -3.63. The monoisotopic (exact) mass is 477 g/mol. The molecule has 1 aliphatic heterocycles. The summed E-state index contributed by atoms with van der Waals surface area (Å²) in [7, 11) is 1.62. The van der Waals surface area contributed by atoms with Gasteiger partial charge in [0.25, 0.3) is 5.56 Å². The lowest BCUT2D eigenvalue weighted by atomic mass is 10.0. The molecule has 0 amide bonds. The molecule has 0 unspecified atom stereocenters. The molecule has 182 valence electrons. The number of aromatic nitrogens is 5. The largest absolute Gasteiger partial charge is 0.383 e. The summed E-state index contributed by atoms with van der Waals surface area (Å²) in [6.45, 7) is 5.34. The van der Waals surface area contributed by atoms with Crippen LogP contribution < -0.4 is 10.5 Å². The van der Waals surface area contributed by atoms with E-state index in [2.05, 4.69) is 25.4 Å². The molecule has 0 aliphatic carbocycles. The van der Waals surface area contributed by atoms with Gasteiger partial charge in [-0.15, -0.1) is 5.10 Å². The van der Waals surface area contributed by atoms with Gasteiger partial charge in [-0.2, -0.15) is 0 Å². The smallest absolute Gasteiger partial charge is 0.253 e. The lowest BCUT2D eigenvalue weighted by molar-refractivity contribution is 0.171. The minimum atomic E-state index is -0.460. The molecule has 10 heteroatoms. The van der Waals surface area contributed by atoms with Crippen LogP contribution in [0, 0.1) is 12.7 Å². The Bertz CT molecular complexity index is 1380. The van der Waals surface area contributed by atoms with Gasteiger partial charge in [0.05, 0.1) is 24.4 Å². The van der Waals surface area contributed by atoms with E-state index in [-0.39, 0.29) is 11.4 Å². The van der Waals surface area contributed by atoms with Crippen molar-refractivity contribution in [3.8, 4) is 0 Å². The first-order valence-electron chi connectivity index (χ1n) is 11.7. The minimum absolute atomic E-state index is 0.172. The van der Waals surface area contributed by atoms with Gasteiger partial charge in [0, 0.05) is 38.9 Å². The van der Waals surface area contributed by atoms with Crippen LogP contribution in [0.4, 0.5) is 10.1 Å². The number of hydrogen-bond acceptors (Lipinski definition) is 7. The predicted octanol–water partition coefficient (Wildman–Crippen LogP) is 2.52. The average molecular weight is 478 g/mol. The number of hydrogen-bond donors (Lipinski definition) is 1. The average Bonchev–Trinajstić information content (AvgIpc) is 3.33. The first-order chi connectivity index (χ1) is 17.1. The van der Waals surface area contributed by atoms with E-state index in [9.17, 15) is 9.18 Å². The van der Waals surface area contributed by atoms with Crippen LogP contribution in [0.2, 0.25) is 0 Å². The molecule has 1 saturated heterocycles. The quantitative estimate of drug-likeness (QED) is 0.437. The molecule has 0 radical (unpaired) electrons. The molecule has 1 aliphatic rings. The fraction of sp³-hybridized carbons (Fsp3) is 0.360. The number of anilines is 1. The molecule has 0 bridgehead atoms. The molecule has 1 N–H and O–H groups in total. The molecule has 2 aromatic heterocycles. The van der Waals surface area contributed by atoms with Gasteiger partial charge in [0.15, 0.2) is 5.82 Å². The fourth-order valence-corrected chi connectivity index (χ4v) is 4.78. The molecule has 35 heavy (non-hydrogen) atoms. The molecule has 3 heterocycles. The third-order valence-electron chi connectivity index (χ3n) is 6.60. The Morgan fingerprint density at radius 3 is 2.69 bits per heavy atom. The minimum Gasteiger partial charge on any atom is -0.383 e. The van der Waals surface area contributed by atoms with Gasteiger partial charge < -0.3 is 14.6 Å². The summed E-state index contributed by atoms with van der Waals surface area (Å²) in [4.78, 5) is 20.7. The highest BCUT2D eigenvalue weighted by molar-refractivity contribution is 5.82. The summed E-state index contributed by atoms with van der Waals surface area (Å²) in [5, 5.41) is 13.3. The number of ether oxygens (including phenoxy) is 1. The maximum Gasteiger partial charge on any atom is 0.253 e. The van der Waals surface area contributed by atoms with Crippen molar-refractivity contribution in [3.63, 3.8) is 0 Å². The summed E-state index contributed by atoms with van der Waals surface area (Å²) in [6.07, 6.45) is 0. The summed E-state index contributed by atoms with van der Waals surface area (Å²) in [5.74, 6) is 0.348. The number of fused-ring (bicyclic) bond motifs is 1. The number of tetrazole rings is 1. The summed E-state index contributed by atoms with van der Waals surface area (Å²) in [6, 6.07) is 14.2. The highest BCUT2D eigenvalue weighted by Gasteiger charge is 2.33. The normalized spacial score (nSPS) is 15.6. The maximum atomic E-state index is 14.4. The number of pyridine rings is 1. The Morgan fingerprint density at radius 1 is 1.11 bits per heavy atom. The number of halogens is 1. The Morgan fingerprint density at radius 2 is 1.91 bits per heavy atom. The van der Waals surface area contributed by atoms with Gasteiger partial charge in [-0.3, -0.25) is 9.69 Å². The topological polar surface area (TPSA) is 92.2 Å². The molecular weight excluding hydrogens is 449 g/mol. The maximum absolute atomic E-state index is 14.4. The van der Waals surface area contributed by atoms with Crippen molar-refractivity contribution in [2.24, 2.45) is 0 Å². The summed E-state index contributed by atoms with van der Waals surface area (Å²) in [5.41, 5.74) is 2.83. The van der Waals surface area contributed by atoms with Crippen LogP contribution in [0.3, 0.4) is 0 Å². The van der Waals surface area contributed by atoms with Gasteiger partial charge in [-0.05, 0) is 46.5 Å². The van der Waals surface area contributed by atoms with Crippen molar-refractivity contribution in [1.82, 2.24) is 30.1 Å². The lowest BCUT2D eigenvalue weighted by Gasteiger charge is -2.39. The number of aromatic amines is 1. The van der Waals surface area contributed by atoms with Crippen molar-refractivity contribution < 1.29 is 9.13 Å². The molecule has 1 fully saturated rings. The zero-order valence-electron chi connectivity index (χ0n) is 19.8. The number of rotatable bonds is 7. The van der Waals surface area contributed by atoms with E-state index in [1.807, 2.05) is 42.2 Å². The SMILES string of the molecule is COCCn1nnnc1[C@H](c1cc2cccc(C)c2[nH]c1=O)N1CCN(c2ccccc2F)CC1. The lowest BCUT2D eigenvalue weighted by Crippen LogP contribution is -2.49. The number of piperazine rings is 1. The molecule has 0 saturated carbocycles. The van der Waals surface area contributed by atoms with Crippen LogP contribution >= 0.6 is 0 Å². The van der Waals surface area contributed by atoms with Crippen LogP contribution in [0.25, 0.3) is 10.9 Å². The van der Waals surface area contributed by atoms with Gasteiger partial charge >= 0.3 is 0 Å². The van der Waals surface area contributed by atoms with Crippen LogP contribution in [0.1, 0.15) is 23.0 Å². The molecule has 1 atom stereocenters. The van der Waals surface area contributed by atoms with E-state index in [1.54, 1.807) is 23.9 Å². The van der Waals surface area contributed by atoms with E-state index >= 15 is 0 Å². The summed E-state index contributed by atoms with van der Waals surface area (Å²) < 4.78 is 21.3. The zero-order chi connectivity index (χ0) is 24.4. The molecule has 0 spiro atoms. The van der Waals surface area contributed by atoms with Gasteiger partial charge in [0.1, 0.15) is 11.9 Å². The molecule has 2 aromatic carbocycles. The molecule has 5 rings (SSSR count). The van der Waals surface area contributed by atoms with Crippen molar-refractivity contribution in [3.05, 3.63) is 81.7 Å². The van der Waals surface area contributed by atoms with E-state index in [4.69, 9.17) is 4.74 Å². The number of benzene rings is 2. The van der Waals surface area contributed by atoms with E-state index in [1.165, 1.54) is 6.07 Å². The van der Waals surface area contributed by atoms with Crippen LogP contribution in [-0.4, -0.2) is 70.0 Å². The second-order valence-corrected chi connectivity index (χ2v) is 8.72. The van der Waals surface area contributed by atoms with E-state index < -0.39 is 6.04 Å². The highest BCUT2D eigenvalue weighted by Crippen LogP contribution is 2.29. The fourth-order valence-electron chi connectivity index (χ4n) is 4.78. The van der Waals surface area contributed by atoms with Crippen LogP contribution in [-0.2, 0) is 11.3 Å². The number of H-pyrrole nitrogens is 1. The Labute approximate surface area is 202 Å².